The predicted octanol–water partition coefficient (Wildman–Crippen LogP) is 1.77. The van der Waals surface area contributed by atoms with Crippen LogP contribution in [0.1, 0.15) is 28.4 Å². The first-order chi connectivity index (χ1) is 7.15. The van der Waals surface area contributed by atoms with Gasteiger partial charge in [-0.1, -0.05) is 17.9 Å². The van der Waals surface area contributed by atoms with E-state index >= 15 is 0 Å². The number of ketones is 1. The zero-order valence-corrected chi connectivity index (χ0v) is 9.35. The topological polar surface area (TPSA) is 29.1 Å². The number of aryl methyl sites for hydroxylation is 1. The number of hydrogen-bond acceptors (Lipinski definition) is 2. The van der Waals surface area contributed by atoms with E-state index in [4.69, 9.17) is 0 Å². The summed E-state index contributed by atoms with van der Waals surface area (Å²) in [6.45, 7) is 4.21. The molecular formula is C13H15NO. The van der Waals surface area contributed by atoms with Crippen molar-refractivity contribution in [1.82, 2.24) is 5.32 Å². The summed E-state index contributed by atoms with van der Waals surface area (Å²) in [5.74, 6) is 6.14. The maximum Gasteiger partial charge on any atom is 0.159 e. The second-order valence-corrected chi connectivity index (χ2v) is 3.42. The van der Waals surface area contributed by atoms with Crippen LogP contribution in [0, 0.1) is 18.8 Å². The number of benzene rings is 1. The van der Waals surface area contributed by atoms with Gasteiger partial charge in [-0.25, -0.2) is 0 Å². The van der Waals surface area contributed by atoms with Gasteiger partial charge in [0.2, 0.25) is 0 Å². The quantitative estimate of drug-likeness (QED) is 0.583. The van der Waals surface area contributed by atoms with E-state index in [2.05, 4.69) is 17.2 Å². The summed E-state index contributed by atoms with van der Waals surface area (Å²) >= 11 is 0. The van der Waals surface area contributed by atoms with Gasteiger partial charge in [0.15, 0.2) is 5.78 Å². The highest BCUT2D eigenvalue weighted by molar-refractivity contribution is 5.94. The maximum absolute atomic E-state index is 11.1. The van der Waals surface area contributed by atoms with Crippen LogP contribution in [0.15, 0.2) is 18.2 Å². The monoisotopic (exact) mass is 201 g/mol. The lowest BCUT2D eigenvalue weighted by atomic mass is 10.0. The van der Waals surface area contributed by atoms with Gasteiger partial charge in [0.25, 0.3) is 0 Å². The summed E-state index contributed by atoms with van der Waals surface area (Å²) in [7, 11) is 1.86. The Labute approximate surface area is 90.7 Å². The van der Waals surface area contributed by atoms with Gasteiger partial charge in [0.05, 0.1) is 6.54 Å². The molecule has 78 valence electrons. The Morgan fingerprint density at radius 3 is 2.73 bits per heavy atom. The first kappa shape index (κ1) is 11.5. The van der Waals surface area contributed by atoms with Gasteiger partial charge in [0.1, 0.15) is 0 Å². The van der Waals surface area contributed by atoms with Crippen molar-refractivity contribution in [3.63, 3.8) is 0 Å². The number of hydrogen-bond donors (Lipinski definition) is 1. The maximum atomic E-state index is 11.1. The lowest BCUT2D eigenvalue weighted by Crippen LogP contribution is -2.04. The molecule has 1 N–H and O–H groups in total. The second-order valence-electron chi connectivity index (χ2n) is 3.42. The van der Waals surface area contributed by atoms with Crippen LogP contribution in [0.5, 0.6) is 0 Å². The average molecular weight is 201 g/mol. The molecule has 1 rings (SSSR count). The van der Waals surface area contributed by atoms with Crippen molar-refractivity contribution in [2.75, 3.05) is 13.6 Å². The molecule has 0 amide bonds. The molecule has 2 heteroatoms. The lowest BCUT2D eigenvalue weighted by Gasteiger charge is -2.00. The predicted molar refractivity (Wildman–Crippen MR) is 62.0 cm³/mol. The molecule has 1 aromatic carbocycles. The molecule has 0 radical (unpaired) electrons. The van der Waals surface area contributed by atoms with Gasteiger partial charge >= 0.3 is 0 Å². The number of carbonyl (C=O) groups excluding carboxylic acids is 1. The normalized spacial score (nSPS) is 9.27. The first-order valence-electron chi connectivity index (χ1n) is 4.90. The van der Waals surface area contributed by atoms with Crippen molar-refractivity contribution < 1.29 is 4.79 Å². The Morgan fingerprint density at radius 1 is 1.47 bits per heavy atom. The minimum Gasteiger partial charge on any atom is -0.309 e. The van der Waals surface area contributed by atoms with Crippen molar-refractivity contribution in [3.05, 3.63) is 34.9 Å². The number of nitrogens with one attached hydrogen (secondary N) is 1. The van der Waals surface area contributed by atoms with Crippen molar-refractivity contribution in [1.29, 1.82) is 0 Å². The van der Waals surface area contributed by atoms with E-state index in [9.17, 15) is 4.79 Å². The number of Topliss-reactive ketones (excluding diaryl/α,β-unsaturated/α-hetero) is 1. The van der Waals surface area contributed by atoms with E-state index in [1.54, 1.807) is 6.92 Å². The van der Waals surface area contributed by atoms with Crippen molar-refractivity contribution >= 4 is 5.78 Å². The van der Waals surface area contributed by atoms with Gasteiger partial charge in [-0.3, -0.25) is 4.79 Å². The minimum absolute atomic E-state index is 0.0906. The van der Waals surface area contributed by atoms with Crippen LogP contribution in [-0.2, 0) is 0 Å². The molecule has 0 bridgehead atoms. The van der Waals surface area contributed by atoms with Crippen LogP contribution < -0.4 is 5.32 Å². The van der Waals surface area contributed by atoms with Gasteiger partial charge < -0.3 is 5.32 Å². The fourth-order valence-corrected chi connectivity index (χ4v) is 1.25. The summed E-state index contributed by atoms with van der Waals surface area (Å²) in [4.78, 5) is 11.1. The Hall–Kier alpha value is -1.59. The fraction of sp³-hybridized carbons (Fsp3) is 0.308. The third-order valence-electron chi connectivity index (χ3n) is 2.12. The summed E-state index contributed by atoms with van der Waals surface area (Å²) in [5, 5.41) is 2.96. The summed E-state index contributed by atoms with van der Waals surface area (Å²) < 4.78 is 0. The molecule has 0 saturated heterocycles. The van der Waals surface area contributed by atoms with Crippen molar-refractivity contribution in [2.24, 2.45) is 0 Å². The molecule has 0 aromatic heterocycles. The molecular weight excluding hydrogens is 186 g/mol. The molecule has 0 saturated carbocycles. The van der Waals surface area contributed by atoms with Crippen LogP contribution in [0.3, 0.4) is 0 Å². The number of rotatable bonds is 2. The van der Waals surface area contributed by atoms with Crippen molar-refractivity contribution in [2.45, 2.75) is 13.8 Å². The van der Waals surface area contributed by atoms with E-state index in [0.717, 1.165) is 16.7 Å². The second kappa shape index (κ2) is 5.33. The molecule has 0 spiro atoms. The largest absolute Gasteiger partial charge is 0.309 e. The molecule has 15 heavy (non-hydrogen) atoms. The van der Waals surface area contributed by atoms with Crippen molar-refractivity contribution in [3.8, 4) is 11.8 Å². The molecule has 0 aliphatic rings. The zero-order chi connectivity index (χ0) is 11.3. The molecule has 2 nitrogen and oxygen atoms in total. The van der Waals surface area contributed by atoms with E-state index < -0.39 is 0 Å². The van der Waals surface area contributed by atoms with E-state index in [-0.39, 0.29) is 5.78 Å². The average Bonchev–Trinajstić information content (AvgIpc) is 2.20. The van der Waals surface area contributed by atoms with Crippen LogP contribution in [-0.4, -0.2) is 19.4 Å². The molecule has 0 fully saturated rings. The summed E-state index contributed by atoms with van der Waals surface area (Å²) in [5.41, 5.74) is 2.77. The Balaban J connectivity index is 2.95. The zero-order valence-electron chi connectivity index (χ0n) is 9.35. The minimum atomic E-state index is 0.0906. The van der Waals surface area contributed by atoms with E-state index in [1.807, 2.05) is 32.2 Å². The Bertz CT molecular complexity index is 424. The molecule has 0 aliphatic carbocycles. The number of carbonyl (C=O) groups is 1. The highest BCUT2D eigenvalue weighted by Gasteiger charge is 2.01. The SMILES string of the molecule is CNCC#Cc1ccc(C(C)=O)cc1C. The third kappa shape index (κ3) is 3.23. The molecule has 0 aliphatic heterocycles. The van der Waals surface area contributed by atoms with E-state index in [0.29, 0.717) is 6.54 Å². The fourth-order valence-electron chi connectivity index (χ4n) is 1.25. The highest BCUT2D eigenvalue weighted by atomic mass is 16.1. The van der Waals surface area contributed by atoms with E-state index in [1.165, 1.54) is 0 Å². The first-order valence-corrected chi connectivity index (χ1v) is 4.90. The van der Waals surface area contributed by atoms with Gasteiger partial charge in [-0.05, 0) is 38.6 Å². The smallest absolute Gasteiger partial charge is 0.159 e. The molecule has 0 unspecified atom stereocenters. The third-order valence-corrected chi connectivity index (χ3v) is 2.12. The van der Waals surface area contributed by atoms with Crippen LogP contribution in [0.4, 0.5) is 0 Å². The molecule has 1 aromatic rings. The Kier molecular flexibility index (Phi) is 4.08. The highest BCUT2D eigenvalue weighted by Crippen LogP contribution is 2.10. The molecule has 0 atom stereocenters. The summed E-state index contributed by atoms with van der Waals surface area (Å²) in [6.07, 6.45) is 0. The van der Waals surface area contributed by atoms with Crippen LogP contribution in [0.2, 0.25) is 0 Å². The van der Waals surface area contributed by atoms with Gasteiger partial charge in [0, 0.05) is 11.1 Å². The van der Waals surface area contributed by atoms with Gasteiger partial charge in [-0.2, -0.15) is 0 Å². The van der Waals surface area contributed by atoms with Crippen LogP contribution in [0.25, 0.3) is 0 Å². The van der Waals surface area contributed by atoms with Gasteiger partial charge in [-0.15, -0.1) is 0 Å². The standard InChI is InChI=1S/C13H15NO/c1-10-9-13(11(2)15)7-6-12(10)5-4-8-14-3/h6-7,9,14H,8H2,1-3H3. The summed E-state index contributed by atoms with van der Waals surface area (Å²) in [6, 6.07) is 5.60. The molecule has 0 heterocycles. The van der Waals surface area contributed by atoms with Crippen LogP contribution >= 0.6 is 0 Å². The Morgan fingerprint density at radius 2 is 2.20 bits per heavy atom. The lowest BCUT2D eigenvalue weighted by molar-refractivity contribution is 0.101.